The van der Waals surface area contributed by atoms with Gasteiger partial charge in [-0.15, -0.1) is 0 Å². The normalized spacial score (nSPS) is 19.9. The van der Waals surface area contributed by atoms with Gasteiger partial charge in [-0.3, -0.25) is 0 Å². The van der Waals surface area contributed by atoms with Crippen LogP contribution in [0.2, 0.25) is 0 Å². The largest absolute Gasteiger partial charge is 0.363 e. The van der Waals surface area contributed by atoms with E-state index < -0.39 is 5.54 Å². The van der Waals surface area contributed by atoms with Gasteiger partial charge in [0.15, 0.2) is 5.54 Å². The van der Waals surface area contributed by atoms with Gasteiger partial charge in [0.2, 0.25) is 0 Å². The minimum Gasteiger partial charge on any atom is -0.363 e. The maximum Gasteiger partial charge on any atom is 0.157 e. The molecule has 0 aromatic heterocycles. The van der Waals surface area contributed by atoms with Gasteiger partial charge in [0.25, 0.3) is 0 Å². The highest BCUT2D eigenvalue weighted by Crippen LogP contribution is 2.38. The third-order valence-electron chi connectivity index (χ3n) is 4.33. The molecule has 0 amide bonds. The van der Waals surface area contributed by atoms with E-state index >= 15 is 0 Å². The number of nitrogens with zero attached hydrogens (tertiary/aromatic N) is 1. The van der Waals surface area contributed by atoms with E-state index in [-0.39, 0.29) is 5.92 Å². The van der Waals surface area contributed by atoms with Crippen molar-refractivity contribution in [2.45, 2.75) is 24.8 Å². The first-order valence-electron chi connectivity index (χ1n) is 7.82. The molecule has 0 heterocycles. The molecule has 22 heavy (non-hydrogen) atoms. The molecule has 1 aliphatic carbocycles. The molecule has 2 aromatic rings. The molecule has 1 N–H and O–H groups in total. The summed E-state index contributed by atoms with van der Waals surface area (Å²) in [6.45, 7) is 0. The lowest BCUT2D eigenvalue weighted by Gasteiger charge is -2.37. The maximum absolute atomic E-state index is 10.1. The number of rotatable bonds is 4. The van der Waals surface area contributed by atoms with E-state index in [1.807, 2.05) is 60.7 Å². The Hall–Kier alpha value is -2.53. The Morgan fingerprint density at radius 2 is 1.68 bits per heavy atom. The molecular formula is C20H20N2. The van der Waals surface area contributed by atoms with Crippen molar-refractivity contribution in [2.24, 2.45) is 5.92 Å². The van der Waals surface area contributed by atoms with Crippen LogP contribution in [0.15, 0.2) is 72.8 Å². The molecule has 0 spiro atoms. The van der Waals surface area contributed by atoms with Crippen molar-refractivity contribution in [1.29, 1.82) is 5.26 Å². The van der Waals surface area contributed by atoms with Crippen molar-refractivity contribution in [2.75, 3.05) is 5.32 Å². The fraction of sp³-hybridized carbons (Fsp3) is 0.250. The highest BCUT2D eigenvalue weighted by Gasteiger charge is 2.40. The Balaban J connectivity index is 2.06. The lowest BCUT2D eigenvalue weighted by Crippen LogP contribution is -2.41. The summed E-state index contributed by atoms with van der Waals surface area (Å²) < 4.78 is 0. The van der Waals surface area contributed by atoms with Crippen LogP contribution in [-0.4, -0.2) is 0 Å². The molecule has 0 aliphatic heterocycles. The van der Waals surface area contributed by atoms with E-state index in [9.17, 15) is 5.26 Å². The number of nitrogens with one attached hydrogen (secondary N) is 1. The predicted octanol–water partition coefficient (Wildman–Crippen LogP) is 4.87. The predicted molar refractivity (Wildman–Crippen MR) is 90.3 cm³/mol. The zero-order valence-corrected chi connectivity index (χ0v) is 12.6. The summed E-state index contributed by atoms with van der Waals surface area (Å²) in [4.78, 5) is 0. The van der Waals surface area contributed by atoms with Crippen LogP contribution in [0.25, 0.3) is 0 Å². The van der Waals surface area contributed by atoms with Crippen LogP contribution in [0.3, 0.4) is 0 Å². The van der Waals surface area contributed by atoms with E-state index in [1.165, 1.54) is 0 Å². The molecule has 0 saturated heterocycles. The third-order valence-corrected chi connectivity index (χ3v) is 4.33. The van der Waals surface area contributed by atoms with Gasteiger partial charge in [-0.25, -0.2) is 0 Å². The van der Waals surface area contributed by atoms with Gasteiger partial charge in [0.05, 0.1) is 6.07 Å². The topological polar surface area (TPSA) is 35.8 Å². The van der Waals surface area contributed by atoms with Crippen molar-refractivity contribution in [1.82, 2.24) is 0 Å². The molecule has 1 aliphatic rings. The van der Waals surface area contributed by atoms with Gasteiger partial charge in [0.1, 0.15) is 0 Å². The standard InChI is InChI=1S/C20H20N2/c21-16-20(17-10-4-1-5-11-17,18-12-6-2-7-13-18)22-19-14-8-3-9-15-19/h1,3-6,8-12,14-15,18,22H,2,7,13H2. The summed E-state index contributed by atoms with van der Waals surface area (Å²) in [6.07, 6.45) is 7.68. The SMILES string of the molecule is N#CC(Nc1ccccc1)(c1ccccc1)C1C=CCCC1. The second kappa shape index (κ2) is 6.49. The quantitative estimate of drug-likeness (QED) is 0.814. The Kier molecular flexibility index (Phi) is 4.25. The number of benzene rings is 2. The zero-order chi connectivity index (χ0) is 15.3. The fourth-order valence-corrected chi connectivity index (χ4v) is 3.18. The van der Waals surface area contributed by atoms with E-state index in [4.69, 9.17) is 0 Å². The van der Waals surface area contributed by atoms with Crippen LogP contribution in [0, 0.1) is 17.2 Å². The third kappa shape index (κ3) is 2.76. The first-order valence-corrected chi connectivity index (χ1v) is 7.82. The summed E-state index contributed by atoms with van der Waals surface area (Å²) in [7, 11) is 0. The molecule has 3 rings (SSSR count). The van der Waals surface area contributed by atoms with Crippen LogP contribution in [0.4, 0.5) is 5.69 Å². The Morgan fingerprint density at radius 1 is 1.00 bits per heavy atom. The lowest BCUT2D eigenvalue weighted by molar-refractivity contribution is 0.403. The number of nitriles is 1. The Morgan fingerprint density at radius 3 is 2.27 bits per heavy atom. The van der Waals surface area contributed by atoms with Gasteiger partial charge in [-0.1, -0.05) is 60.7 Å². The van der Waals surface area contributed by atoms with Crippen LogP contribution in [-0.2, 0) is 5.54 Å². The van der Waals surface area contributed by atoms with E-state index in [1.54, 1.807) is 0 Å². The van der Waals surface area contributed by atoms with E-state index in [0.717, 1.165) is 30.5 Å². The van der Waals surface area contributed by atoms with E-state index in [2.05, 4.69) is 23.5 Å². The number of allylic oxidation sites excluding steroid dienone is 1. The fourth-order valence-electron chi connectivity index (χ4n) is 3.18. The molecule has 0 radical (unpaired) electrons. The van der Waals surface area contributed by atoms with Crippen LogP contribution in [0.5, 0.6) is 0 Å². The molecule has 2 nitrogen and oxygen atoms in total. The van der Waals surface area contributed by atoms with Crippen molar-refractivity contribution in [3.8, 4) is 6.07 Å². The molecule has 0 fully saturated rings. The lowest BCUT2D eigenvalue weighted by atomic mass is 9.74. The zero-order valence-electron chi connectivity index (χ0n) is 12.6. The highest BCUT2D eigenvalue weighted by molar-refractivity contribution is 5.52. The van der Waals surface area contributed by atoms with Gasteiger partial charge < -0.3 is 5.32 Å². The van der Waals surface area contributed by atoms with Crippen molar-refractivity contribution in [3.05, 3.63) is 78.4 Å². The van der Waals surface area contributed by atoms with Crippen molar-refractivity contribution < 1.29 is 0 Å². The van der Waals surface area contributed by atoms with Gasteiger partial charge >= 0.3 is 0 Å². The Bertz CT molecular complexity index is 670. The summed E-state index contributed by atoms with van der Waals surface area (Å²) >= 11 is 0. The summed E-state index contributed by atoms with van der Waals surface area (Å²) in [5.41, 5.74) is 1.28. The smallest absolute Gasteiger partial charge is 0.157 e. The molecule has 0 saturated carbocycles. The molecular weight excluding hydrogens is 268 g/mol. The average molecular weight is 288 g/mol. The van der Waals surface area contributed by atoms with Gasteiger partial charge in [-0.2, -0.15) is 5.26 Å². The first-order chi connectivity index (χ1) is 10.8. The number of hydrogen-bond acceptors (Lipinski definition) is 2. The second-order valence-corrected chi connectivity index (χ2v) is 5.74. The summed E-state index contributed by atoms with van der Waals surface area (Å²) in [5, 5.41) is 13.6. The van der Waals surface area contributed by atoms with Crippen LogP contribution in [0.1, 0.15) is 24.8 Å². The van der Waals surface area contributed by atoms with Crippen LogP contribution >= 0.6 is 0 Å². The van der Waals surface area contributed by atoms with Gasteiger partial charge in [0, 0.05) is 11.6 Å². The number of anilines is 1. The van der Waals surface area contributed by atoms with Crippen molar-refractivity contribution >= 4 is 5.69 Å². The molecule has 2 aromatic carbocycles. The monoisotopic (exact) mass is 288 g/mol. The molecule has 2 heteroatoms. The molecule has 2 unspecified atom stereocenters. The van der Waals surface area contributed by atoms with Gasteiger partial charge in [-0.05, 0) is 37.0 Å². The minimum atomic E-state index is -0.723. The summed E-state index contributed by atoms with van der Waals surface area (Å²) in [6, 6.07) is 22.7. The average Bonchev–Trinajstić information content (AvgIpc) is 2.62. The first kappa shape index (κ1) is 14.4. The van der Waals surface area contributed by atoms with E-state index in [0.29, 0.717) is 0 Å². The molecule has 110 valence electrons. The highest BCUT2D eigenvalue weighted by atomic mass is 15.0. The summed E-state index contributed by atoms with van der Waals surface area (Å²) in [5.74, 6) is 0.175. The van der Waals surface area contributed by atoms with Crippen molar-refractivity contribution in [3.63, 3.8) is 0 Å². The van der Waals surface area contributed by atoms with Crippen LogP contribution < -0.4 is 5.32 Å². The minimum absolute atomic E-state index is 0.175. The molecule has 2 atom stereocenters. The number of para-hydroxylation sites is 1. The maximum atomic E-state index is 10.1. The molecule has 0 bridgehead atoms. The Labute approximate surface area is 132 Å². The second-order valence-electron chi connectivity index (χ2n) is 5.74. The number of hydrogen-bond donors (Lipinski definition) is 1.